The lowest BCUT2D eigenvalue weighted by Gasteiger charge is -2.31. The van der Waals surface area contributed by atoms with E-state index in [4.69, 9.17) is 4.74 Å². The van der Waals surface area contributed by atoms with E-state index in [2.05, 4.69) is 19.2 Å². The molecule has 0 heterocycles. The fraction of sp³-hybridized carbons (Fsp3) is 0.917. The first-order valence-corrected chi connectivity index (χ1v) is 5.97. The molecule has 0 radical (unpaired) electrons. The van der Waals surface area contributed by atoms with Crippen molar-refractivity contribution in [1.82, 2.24) is 5.32 Å². The fourth-order valence-electron chi connectivity index (χ4n) is 2.08. The van der Waals surface area contributed by atoms with Crippen molar-refractivity contribution in [3.8, 4) is 0 Å². The van der Waals surface area contributed by atoms with E-state index in [1.165, 1.54) is 6.42 Å². The number of hydrogen-bond acceptors (Lipinski definition) is 3. The molecule has 1 rings (SSSR count). The van der Waals surface area contributed by atoms with Crippen molar-refractivity contribution >= 4 is 5.97 Å². The molecular formula is C12H23NO2. The number of hydrogen-bond donors (Lipinski definition) is 1. The van der Waals surface area contributed by atoms with Gasteiger partial charge in [-0.3, -0.25) is 4.79 Å². The molecule has 0 aromatic rings. The quantitative estimate of drug-likeness (QED) is 0.726. The normalized spacial score (nSPS) is 31.3. The number of ether oxygens (including phenoxy) is 1. The largest absolute Gasteiger partial charge is 0.462 e. The second-order valence-electron chi connectivity index (χ2n) is 4.73. The van der Waals surface area contributed by atoms with Crippen molar-refractivity contribution in [2.75, 3.05) is 13.6 Å². The highest BCUT2D eigenvalue weighted by atomic mass is 16.5. The van der Waals surface area contributed by atoms with Gasteiger partial charge in [0.2, 0.25) is 0 Å². The van der Waals surface area contributed by atoms with E-state index in [1.807, 2.05) is 7.05 Å². The van der Waals surface area contributed by atoms with Crippen LogP contribution in [0.5, 0.6) is 0 Å². The Morgan fingerprint density at radius 1 is 1.33 bits per heavy atom. The summed E-state index contributed by atoms with van der Waals surface area (Å²) in [6.45, 7) is 5.24. The lowest BCUT2D eigenvalue weighted by molar-refractivity contribution is -0.151. The molecule has 1 fully saturated rings. The van der Waals surface area contributed by atoms with Gasteiger partial charge in [-0.1, -0.05) is 13.8 Å². The van der Waals surface area contributed by atoms with Gasteiger partial charge in [-0.25, -0.2) is 0 Å². The molecule has 0 aromatic carbocycles. The summed E-state index contributed by atoms with van der Waals surface area (Å²) in [6.07, 6.45) is 3.91. The summed E-state index contributed by atoms with van der Waals surface area (Å²) in [5.41, 5.74) is 0. The fourth-order valence-corrected chi connectivity index (χ4v) is 2.08. The van der Waals surface area contributed by atoms with Crippen molar-refractivity contribution < 1.29 is 9.53 Å². The van der Waals surface area contributed by atoms with Crippen molar-refractivity contribution in [2.24, 2.45) is 11.8 Å². The van der Waals surface area contributed by atoms with Gasteiger partial charge in [-0.05, 0) is 38.1 Å². The summed E-state index contributed by atoms with van der Waals surface area (Å²) in [5, 5.41) is 2.95. The Bertz CT molecular complexity index is 206. The van der Waals surface area contributed by atoms with E-state index in [1.54, 1.807) is 0 Å². The van der Waals surface area contributed by atoms with Crippen LogP contribution < -0.4 is 5.32 Å². The van der Waals surface area contributed by atoms with Gasteiger partial charge < -0.3 is 10.1 Å². The van der Waals surface area contributed by atoms with Gasteiger partial charge in [0, 0.05) is 6.54 Å². The first kappa shape index (κ1) is 12.5. The highest BCUT2D eigenvalue weighted by Gasteiger charge is 2.26. The molecule has 1 saturated carbocycles. The number of nitrogens with one attached hydrogen (secondary N) is 1. The van der Waals surface area contributed by atoms with E-state index in [-0.39, 0.29) is 12.1 Å². The van der Waals surface area contributed by atoms with Crippen LogP contribution in [0.15, 0.2) is 0 Å². The van der Waals surface area contributed by atoms with Crippen LogP contribution >= 0.6 is 0 Å². The Morgan fingerprint density at radius 2 is 2.07 bits per heavy atom. The van der Waals surface area contributed by atoms with Crippen molar-refractivity contribution in [2.45, 2.75) is 45.6 Å². The maximum atomic E-state index is 11.4. The molecule has 0 aliphatic heterocycles. The highest BCUT2D eigenvalue weighted by molar-refractivity contribution is 5.69. The molecule has 0 saturated heterocycles. The third-order valence-corrected chi connectivity index (χ3v) is 3.43. The summed E-state index contributed by atoms with van der Waals surface area (Å²) in [4.78, 5) is 11.4. The molecule has 3 atom stereocenters. The molecule has 0 spiro atoms. The van der Waals surface area contributed by atoms with E-state index in [0.717, 1.165) is 18.8 Å². The van der Waals surface area contributed by atoms with Gasteiger partial charge in [0.05, 0.1) is 6.42 Å². The molecule has 3 heteroatoms. The van der Waals surface area contributed by atoms with Crippen LogP contribution in [0, 0.1) is 11.8 Å². The summed E-state index contributed by atoms with van der Waals surface area (Å²) in [7, 11) is 1.84. The lowest BCUT2D eigenvalue weighted by Crippen LogP contribution is -2.29. The maximum absolute atomic E-state index is 11.4. The lowest BCUT2D eigenvalue weighted by atomic mass is 9.80. The Balaban J connectivity index is 2.24. The third-order valence-electron chi connectivity index (χ3n) is 3.43. The molecule has 15 heavy (non-hydrogen) atoms. The monoisotopic (exact) mass is 213 g/mol. The number of rotatable bonds is 4. The Kier molecular flexibility index (Phi) is 5.09. The van der Waals surface area contributed by atoms with Crippen LogP contribution in [0.1, 0.15) is 39.5 Å². The van der Waals surface area contributed by atoms with Crippen molar-refractivity contribution in [3.63, 3.8) is 0 Å². The molecule has 3 nitrogen and oxygen atoms in total. The average Bonchev–Trinajstić information content (AvgIpc) is 2.20. The summed E-state index contributed by atoms with van der Waals surface area (Å²) >= 11 is 0. The molecule has 0 amide bonds. The minimum atomic E-state index is -0.0592. The topological polar surface area (TPSA) is 38.3 Å². The first-order valence-electron chi connectivity index (χ1n) is 5.97. The van der Waals surface area contributed by atoms with Gasteiger partial charge in [0.1, 0.15) is 6.10 Å². The minimum Gasteiger partial charge on any atom is -0.462 e. The summed E-state index contributed by atoms with van der Waals surface area (Å²) in [6, 6.07) is 0. The van der Waals surface area contributed by atoms with E-state index >= 15 is 0 Å². The van der Waals surface area contributed by atoms with Crippen LogP contribution in [0.2, 0.25) is 0 Å². The summed E-state index contributed by atoms with van der Waals surface area (Å²) in [5.74, 6) is 1.40. The van der Waals surface area contributed by atoms with Crippen LogP contribution in [0.3, 0.4) is 0 Å². The Hall–Kier alpha value is -0.570. The van der Waals surface area contributed by atoms with Crippen LogP contribution in [-0.4, -0.2) is 25.7 Å². The molecule has 3 unspecified atom stereocenters. The highest BCUT2D eigenvalue weighted by Crippen LogP contribution is 2.30. The predicted molar refractivity (Wildman–Crippen MR) is 60.6 cm³/mol. The zero-order chi connectivity index (χ0) is 11.3. The average molecular weight is 213 g/mol. The van der Waals surface area contributed by atoms with E-state index in [0.29, 0.717) is 18.9 Å². The number of carbonyl (C=O) groups is 1. The van der Waals surface area contributed by atoms with Gasteiger partial charge in [0.15, 0.2) is 0 Å². The second kappa shape index (κ2) is 6.11. The smallest absolute Gasteiger partial charge is 0.307 e. The zero-order valence-corrected chi connectivity index (χ0v) is 10.1. The zero-order valence-electron chi connectivity index (χ0n) is 10.1. The molecule has 88 valence electrons. The van der Waals surface area contributed by atoms with Gasteiger partial charge in [0.25, 0.3) is 0 Å². The van der Waals surface area contributed by atoms with Crippen molar-refractivity contribution in [3.05, 3.63) is 0 Å². The van der Waals surface area contributed by atoms with Crippen LogP contribution in [0.4, 0.5) is 0 Å². The maximum Gasteiger partial charge on any atom is 0.307 e. The molecule has 0 aromatic heterocycles. The van der Waals surface area contributed by atoms with E-state index < -0.39 is 0 Å². The minimum absolute atomic E-state index is 0.0592. The molecular weight excluding hydrogens is 190 g/mol. The number of esters is 1. The standard InChI is InChI=1S/C12H23NO2/c1-9-4-5-11(8-10(9)2)15-12(14)6-7-13-3/h9-11,13H,4-8H2,1-3H3. The molecule has 1 aliphatic carbocycles. The van der Waals surface area contributed by atoms with Crippen LogP contribution in [0.25, 0.3) is 0 Å². The molecule has 1 N–H and O–H groups in total. The number of carbonyl (C=O) groups excluding carboxylic acids is 1. The Labute approximate surface area is 92.6 Å². The van der Waals surface area contributed by atoms with Gasteiger partial charge >= 0.3 is 5.97 Å². The van der Waals surface area contributed by atoms with Gasteiger partial charge in [-0.2, -0.15) is 0 Å². The first-order chi connectivity index (χ1) is 7.13. The SMILES string of the molecule is CNCCC(=O)OC1CCC(C)C(C)C1. The predicted octanol–water partition coefficient (Wildman–Crippen LogP) is 1.96. The molecule has 0 bridgehead atoms. The molecule has 1 aliphatic rings. The van der Waals surface area contributed by atoms with E-state index in [9.17, 15) is 4.79 Å². The Morgan fingerprint density at radius 3 is 2.67 bits per heavy atom. The van der Waals surface area contributed by atoms with Crippen molar-refractivity contribution in [1.29, 1.82) is 0 Å². The summed E-state index contributed by atoms with van der Waals surface area (Å²) < 4.78 is 5.43. The van der Waals surface area contributed by atoms with Crippen LogP contribution in [-0.2, 0) is 9.53 Å². The third kappa shape index (κ3) is 4.20. The second-order valence-corrected chi connectivity index (χ2v) is 4.73. The van der Waals surface area contributed by atoms with Gasteiger partial charge in [-0.15, -0.1) is 0 Å².